The molecule has 33 heavy (non-hydrogen) atoms. The molecule has 0 aliphatic carbocycles. The average Bonchev–Trinajstić information content (AvgIpc) is 2.99. The number of benzene rings is 1. The number of aromatic nitrogens is 2. The largest absolute Gasteiger partial charge is 0.459 e. The van der Waals surface area contributed by atoms with Crippen LogP contribution in [0.25, 0.3) is 0 Å². The van der Waals surface area contributed by atoms with E-state index < -0.39 is 68.4 Å². The number of rotatable bonds is 9. The molecule has 2 aromatic rings. The zero-order chi connectivity index (χ0) is 26.9. The summed E-state index contributed by atoms with van der Waals surface area (Å²) in [6.07, 6.45) is -4.13. The number of carbonyl (C=O) groups is 1. The molecule has 3 rings (SSSR count). The molecule has 0 unspecified atom stereocenters. The predicted molar refractivity (Wildman–Crippen MR) is 115 cm³/mol. The molecule has 2 heterocycles. The van der Waals surface area contributed by atoms with Crippen LogP contribution < -0.4 is 20.9 Å². The second kappa shape index (κ2) is 9.70. The lowest BCUT2D eigenvalue weighted by Crippen LogP contribution is -2.43. The van der Waals surface area contributed by atoms with E-state index in [1.807, 2.05) is 4.98 Å². The van der Waals surface area contributed by atoms with Crippen LogP contribution in [0.3, 0.4) is 0 Å². The van der Waals surface area contributed by atoms with Crippen LogP contribution in [0.1, 0.15) is 31.0 Å². The van der Waals surface area contributed by atoms with Gasteiger partial charge >= 0.3 is 13.4 Å². The molecule has 0 bridgehead atoms. The van der Waals surface area contributed by atoms with Crippen LogP contribution >= 0.6 is 7.75 Å². The number of ketones is 1. The Morgan fingerprint density at radius 3 is 2.73 bits per heavy atom. The standard InChI is InChI=1S/C20H25FN3O8P/c1-12(13(2)25)23-33(29,32-14-7-5-4-6-8-14)30-11-15-17(27)20(3,21)18(31-15)24-10-9-16(26)22-19(24)28/h4-10,12,15,17-18,27H,11H2,1-3H3,(H,23,29)(H,22,26,28)/t12-,15+,17+,18+,20+,33-/m0/s1/i1D3. The quantitative estimate of drug-likeness (QED) is 0.444. The van der Waals surface area contributed by atoms with E-state index in [1.54, 1.807) is 6.07 Å². The molecule has 1 fully saturated rings. The van der Waals surface area contributed by atoms with Crippen LogP contribution in [0, 0.1) is 0 Å². The number of H-pyrrole nitrogens is 1. The van der Waals surface area contributed by atoms with Gasteiger partial charge in [0.15, 0.2) is 11.9 Å². The smallest absolute Gasteiger partial charge is 0.413 e. The Morgan fingerprint density at radius 1 is 1.42 bits per heavy atom. The Kier molecular flexibility index (Phi) is 6.15. The van der Waals surface area contributed by atoms with Crippen LogP contribution in [0.15, 0.2) is 52.2 Å². The van der Waals surface area contributed by atoms with Crippen LogP contribution in [0.4, 0.5) is 4.39 Å². The first-order valence-electron chi connectivity index (χ1n) is 11.3. The lowest BCUT2D eigenvalue weighted by molar-refractivity contribution is -0.118. The molecule has 13 heteroatoms. The Hall–Kier alpha value is -2.63. The SMILES string of the molecule is [2H]C([2H])([2H])[C@H](N[P@](=O)(OC[C@H]1O[C@@H](n2ccc(=O)[nH]c2=O)[C@](C)(F)[C@@H]1O)Oc1ccccc1)C(C)=O. The van der Waals surface area contributed by atoms with E-state index >= 15 is 4.39 Å². The van der Waals surface area contributed by atoms with Gasteiger partial charge in [-0.15, -0.1) is 0 Å². The number of carbonyl (C=O) groups excluding carboxylic acids is 1. The van der Waals surface area contributed by atoms with Gasteiger partial charge in [0.25, 0.3) is 5.56 Å². The maximum atomic E-state index is 15.4. The van der Waals surface area contributed by atoms with E-state index in [1.165, 1.54) is 24.3 Å². The first kappa shape index (κ1) is 20.9. The third-order valence-electron chi connectivity index (χ3n) is 4.89. The number of aliphatic hydroxyl groups excluding tert-OH is 1. The minimum absolute atomic E-state index is 0.00191. The summed E-state index contributed by atoms with van der Waals surface area (Å²) in [6, 6.07) is 6.53. The number of hydrogen-bond donors (Lipinski definition) is 3. The van der Waals surface area contributed by atoms with Gasteiger partial charge in [0.2, 0.25) is 0 Å². The van der Waals surface area contributed by atoms with Crippen molar-refractivity contribution in [3.8, 4) is 5.75 Å². The molecule has 1 aromatic carbocycles. The highest BCUT2D eigenvalue weighted by Gasteiger charge is 2.55. The summed E-state index contributed by atoms with van der Waals surface area (Å²) in [7, 11) is -4.64. The highest BCUT2D eigenvalue weighted by Crippen LogP contribution is 2.47. The van der Waals surface area contributed by atoms with Crippen molar-refractivity contribution in [3.63, 3.8) is 0 Å². The number of Topliss-reactive ketones (excluding diaryl/α,β-unsaturated/α-hetero) is 1. The third-order valence-corrected chi connectivity index (χ3v) is 6.41. The molecule has 0 radical (unpaired) electrons. The van der Waals surface area contributed by atoms with Crippen molar-refractivity contribution in [2.75, 3.05) is 6.61 Å². The topological polar surface area (TPSA) is 149 Å². The molecular formula is C20H25FN3O8P. The predicted octanol–water partition coefficient (Wildman–Crippen LogP) is 1.29. The minimum Gasteiger partial charge on any atom is -0.413 e. The van der Waals surface area contributed by atoms with Crippen LogP contribution in [0.2, 0.25) is 0 Å². The summed E-state index contributed by atoms with van der Waals surface area (Å²) in [5.74, 6) is -0.872. The molecule has 3 N–H and O–H groups in total. The summed E-state index contributed by atoms with van der Waals surface area (Å²) >= 11 is 0. The van der Waals surface area contributed by atoms with E-state index in [9.17, 15) is 24.1 Å². The summed E-state index contributed by atoms with van der Waals surface area (Å²) < 4.78 is 68.5. The van der Waals surface area contributed by atoms with E-state index in [0.717, 1.165) is 30.7 Å². The number of alkyl halides is 1. The maximum absolute atomic E-state index is 15.4. The van der Waals surface area contributed by atoms with E-state index in [0.29, 0.717) is 0 Å². The number of para-hydroxylation sites is 1. The fourth-order valence-corrected chi connectivity index (χ4v) is 4.51. The summed E-state index contributed by atoms with van der Waals surface area (Å²) in [5.41, 5.74) is -4.28. The van der Waals surface area contributed by atoms with Gasteiger partial charge in [-0.25, -0.2) is 18.8 Å². The maximum Gasteiger partial charge on any atom is 0.459 e. The van der Waals surface area contributed by atoms with Gasteiger partial charge in [0.1, 0.15) is 23.7 Å². The molecule has 1 aromatic heterocycles. The fraction of sp³-hybridized carbons (Fsp3) is 0.450. The molecule has 11 nitrogen and oxygen atoms in total. The van der Waals surface area contributed by atoms with Crippen molar-refractivity contribution >= 4 is 13.5 Å². The number of nitrogens with one attached hydrogen (secondary N) is 2. The first-order valence-corrected chi connectivity index (χ1v) is 11.3. The molecule has 0 spiro atoms. The molecule has 0 saturated carbocycles. The van der Waals surface area contributed by atoms with Gasteiger partial charge in [-0.1, -0.05) is 18.2 Å². The second-order valence-corrected chi connectivity index (χ2v) is 9.20. The summed E-state index contributed by atoms with van der Waals surface area (Å²) in [6.45, 7) is -1.78. The molecule has 1 saturated heterocycles. The lowest BCUT2D eigenvalue weighted by atomic mass is 9.98. The van der Waals surface area contributed by atoms with Crippen molar-refractivity contribution in [2.24, 2.45) is 0 Å². The molecule has 180 valence electrons. The van der Waals surface area contributed by atoms with Crippen LogP contribution in [0.5, 0.6) is 5.75 Å². The monoisotopic (exact) mass is 488 g/mol. The van der Waals surface area contributed by atoms with Gasteiger partial charge in [0, 0.05) is 16.4 Å². The fourth-order valence-electron chi connectivity index (χ4n) is 3.09. The Labute approximate surface area is 192 Å². The van der Waals surface area contributed by atoms with Gasteiger partial charge in [0.05, 0.1) is 12.6 Å². The number of aliphatic hydroxyl groups is 1. The van der Waals surface area contributed by atoms with Gasteiger partial charge < -0.3 is 14.4 Å². The molecule has 6 atom stereocenters. The van der Waals surface area contributed by atoms with Crippen molar-refractivity contribution < 1.29 is 36.8 Å². The van der Waals surface area contributed by atoms with E-state index in [2.05, 4.69) is 5.09 Å². The zero-order valence-corrected chi connectivity index (χ0v) is 18.5. The third kappa shape index (κ3) is 5.66. The number of nitrogens with zero attached hydrogens (tertiary/aromatic N) is 1. The molecule has 1 aliphatic rings. The van der Waals surface area contributed by atoms with Crippen molar-refractivity contribution in [1.82, 2.24) is 14.6 Å². The Morgan fingerprint density at radius 2 is 2.12 bits per heavy atom. The van der Waals surface area contributed by atoms with Crippen molar-refractivity contribution in [2.45, 2.75) is 50.8 Å². The first-order chi connectivity index (χ1) is 16.6. The van der Waals surface area contributed by atoms with Gasteiger partial charge in [-0.05, 0) is 32.8 Å². The Balaban J connectivity index is 1.86. The molecular weight excluding hydrogens is 460 g/mol. The minimum atomic E-state index is -4.64. The van der Waals surface area contributed by atoms with Crippen molar-refractivity contribution in [3.05, 3.63) is 63.4 Å². The van der Waals surface area contributed by atoms with Gasteiger partial charge in [-0.3, -0.25) is 23.7 Å². The van der Waals surface area contributed by atoms with Crippen LogP contribution in [-0.4, -0.2) is 51.0 Å². The average molecular weight is 488 g/mol. The lowest BCUT2D eigenvalue weighted by Gasteiger charge is -2.25. The highest BCUT2D eigenvalue weighted by atomic mass is 31.2. The van der Waals surface area contributed by atoms with E-state index in [4.69, 9.17) is 17.9 Å². The zero-order valence-electron chi connectivity index (χ0n) is 20.6. The van der Waals surface area contributed by atoms with E-state index in [-0.39, 0.29) is 5.75 Å². The highest BCUT2D eigenvalue weighted by molar-refractivity contribution is 7.52. The molecule has 0 amide bonds. The Bertz CT molecular complexity index is 1250. The normalized spacial score (nSPS) is 29.3. The summed E-state index contributed by atoms with van der Waals surface area (Å²) in [5, 5.41) is 12.6. The number of halogens is 1. The van der Waals surface area contributed by atoms with Crippen LogP contribution in [-0.2, 0) is 18.6 Å². The summed E-state index contributed by atoms with van der Waals surface area (Å²) in [4.78, 5) is 37.3. The number of ether oxygens (including phenoxy) is 1. The second-order valence-electron chi connectivity index (χ2n) is 7.51. The number of hydrogen-bond acceptors (Lipinski definition) is 8. The molecule has 1 aliphatic heterocycles. The van der Waals surface area contributed by atoms with Gasteiger partial charge in [-0.2, -0.15) is 0 Å². The van der Waals surface area contributed by atoms with Crippen molar-refractivity contribution in [1.29, 1.82) is 0 Å². The number of aromatic amines is 1.